The van der Waals surface area contributed by atoms with Gasteiger partial charge in [0, 0.05) is 24.9 Å². The standard InChI is InChI=1S/C15H21N5O2/c1-9-12(11(3)22-19-9)6-7-14(21)16-10(2)15-18-17-13-5-4-8-20(13)15/h10H,4-8H2,1-3H3,(H,16,21)/t10-/m0/s1. The van der Waals surface area contributed by atoms with Crippen molar-refractivity contribution in [3.8, 4) is 0 Å². The molecule has 7 heteroatoms. The van der Waals surface area contributed by atoms with E-state index in [-0.39, 0.29) is 11.9 Å². The third-order valence-corrected chi connectivity index (χ3v) is 4.19. The molecule has 2 aromatic heterocycles. The Kier molecular flexibility index (Phi) is 3.96. The lowest BCUT2D eigenvalue weighted by molar-refractivity contribution is -0.121. The molecule has 118 valence electrons. The fraction of sp³-hybridized carbons (Fsp3) is 0.600. The summed E-state index contributed by atoms with van der Waals surface area (Å²) in [6, 6.07) is -0.128. The van der Waals surface area contributed by atoms with Crippen LogP contribution in [0.4, 0.5) is 0 Å². The van der Waals surface area contributed by atoms with E-state index in [2.05, 4.69) is 25.2 Å². The second kappa shape index (κ2) is 5.90. The minimum absolute atomic E-state index is 0.00264. The van der Waals surface area contributed by atoms with Gasteiger partial charge in [-0.1, -0.05) is 5.16 Å². The molecule has 3 rings (SSSR count). The molecule has 3 heterocycles. The number of carbonyl (C=O) groups is 1. The van der Waals surface area contributed by atoms with Gasteiger partial charge < -0.3 is 14.4 Å². The van der Waals surface area contributed by atoms with E-state index in [4.69, 9.17) is 4.52 Å². The first-order valence-electron chi connectivity index (χ1n) is 7.69. The molecule has 0 radical (unpaired) electrons. The van der Waals surface area contributed by atoms with Gasteiger partial charge in [0.15, 0.2) is 5.82 Å². The molecule has 1 aliphatic rings. The maximum absolute atomic E-state index is 12.1. The SMILES string of the molecule is Cc1noc(C)c1CCC(=O)N[C@@H](C)c1nnc2n1CCC2. The topological polar surface area (TPSA) is 85.8 Å². The molecular weight excluding hydrogens is 282 g/mol. The lowest BCUT2D eigenvalue weighted by atomic mass is 10.1. The summed E-state index contributed by atoms with van der Waals surface area (Å²) in [5.41, 5.74) is 1.87. The van der Waals surface area contributed by atoms with E-state index in [9.17, 15) is 4.79 Å². The predicted octanol–water partition coefficient (Wildman–Crippen LogP) is 1.64. The second-order valence-corrected chi connectivity index (χ2v) is 5.82. The van der Waals surface area contributed by atoms with Crippen LogP contribution in [-0.2, 0) is 24.2 Å². The van der Waals surface area contributed by atoms with Gasteiger partial charge >= 0.3 is 0 Å². The number of rotatable bonds is 5. The van der Waals surface area contributed by atoms with Gasteiger partial charge in [-0.05, 0) is 33.6 Å². The van der Waals surface area contributed by atoms with E-state index in [1.54, 1.807) is 0 Å². The Bertz CT molecular complexity index is 669. The van der Waals surface area contributed by atoms with Gasteiger partial charge in [0.2, 0.25) is 5.91 Å². The van der Waals surface area contributed by atoms with Crippen LogP contribution in [0.3, 0.4) is 0 Å². The van der Waals surface area contributed by atoms with E-state index in [1.165, 1.54) is 0 Å². The van der Waals surface area contributed by atoms with Crippen LogP contribution in [0, 0.1) is 13.8 Å². The first-order valence-corrected chi connectivity index (χ1v) is 7.69. The first kappa shape index (κ1) is 14.7. The molecule has 0 spiro atoms. The van der Waals surface area contributed by atoms with E-state index < -0.39 is 0 Å². The molecule has 0 unspecified atom stereocenters. The summed E-state index contributed by atoms with van der Waals surface area (Å²) in [7, 11) is 0. The summed E-state index contributed by atoms with van der Waals surface area (Å²) >= 11 is 0. The van der Waals surface area contributed by atoms with Crippen LogP contribution in [0.5, 0.6) is 0 Å². The van der Waals surface area contributed by atoms with E-state index in [0.717, 1.165) is 48.1 Å². The Balaban J connectivity index is 1.57. The predicted molar refractivity (Wildman–Crippen MR) is 79.2 cm³/mol. The van der Waals surface area contributed by atoms with Crippen LogP contribution in [0.15, 0.2) is 4.52 Å². The molecule has 0 aromatic carbocycles. The van der Waals surface area contributed by atoms with Crippen LogP contribution in [0.1, 0.15) is 54.5 Å². The highest BCUT2D eigenvalue weighted by atomic mass is 16.5. The molecule has 0 fully saturated rings. The summed E-state index contributed by atoms with van der Waals surface area (Å²) in [4.78, 5) is 12.1. The minimum Gasteiger partial charge on any atom is -0.361 e. The molecular formula is C15H21N5O2. The fourth-order valence-electron chi connectivity index (χ4n) is 2.97. The van der Waals surface area contributed by atoms with Crippen LogP contribution in [-0.4, -0.2) is 25.8 Å². The van der Waals surface area contributed by atoms with Crippen molar-refractivity contribution in [2.24, 2.45) is 0 Å². The molecule has 0 saturated heterocycles. The van der Waals surface area contributed by atoms with Crippen molar-refractivity contribution in [3.63, 3.8) is 0 Å². The van der Waals surface area contributed by atoms with E-state index in [0.29, 0.717) is 12.8 Å². The summed E-state index contributed by atoms with van der Waals surface area (Å²) in [5, 5.41) is 15.3. The quantitative estimate of drug-likeness (QED) is 0.907. The lowest BCUT2D eigenvalue weighted by Crippen LogP contribution is -2.28. The zero-order chi connectivity index (χ0) is 15.7. The maximum Gasteiger partial charge on any atom is 0.220 e. The molecule has 1 N–H and O–H groups in total. The number of amides is 1. The van der Waals surface area contributed by atoms with Crippen molar-refractivity contribution in [3.05, 3.63) is 28.7 Å². The normalized spacial score (nSPS) is 14.9. The van der Waals surface area contributed by atoms with Crippen LogP contribution in [0.2, 0.25) is 0 Å². The average Bonchev–Trinajstić information content (AvgIpc) is 3.13. The third kappa shape index (κ3) is 2.75. The number of hydrogen-bond acceptors (Lipinski definition) is 5. The first-order chi connectivity index (χ1) is 10.6. The van der Waals surface area contributed by atoms with Gasteiger partial charge in [-0.15, -0.1) is 10.2 Å². The second-order valence-electron chi connectivity index (χ2n) is 5.82. The highest BCUT2D eigenvalue weighted by molar-refractivity contribution is 5.76. The molecule has 0 bridgehead atoms. The fourth-order valence-corrected chi connectivity index (χ4v) is 2.97. The van der Waals surface area contributed by atoms with Crippen molar-refractivity contribution < 1.29 is 9.32 Å². The van der Waals surface area contributed by atoms with Gasteiger partial charge in [0.05, 0.1) is 11.7 Å². The number of nitrogens with zero attached hydrogens (tertiary/aromatic N) is 4. The summed E-state index contributed by atoms with van der Waals surface area (Å²) in [6.07, 6.45) is 3.12. The number of fused-ring (bicyclic) bond motifs is 1. The molecule has 22 heavy (non-hydrogen) atoms. The molecule has 0 saturated carbocycles. The minimum atomic E-state index is -0.128. The van der Waals surface area contributed by atoms with Crippen LogP contribution >= 0.6 is 0 Å². The monoisotopic (exact) mass is 303 g/mol. The van der Waals surface area contributed by atoms with Gasteiger partial charge in [0.25, 0.3) is 0 Å². The van der Waals surface area contributed by atoms with Gasteiger partial charge in [-0.3, -0.25) is 4.79 Å². The van der Waals surface area contributed by atoms with Crippen molar-refractivity contribution in [2.75, 3.05) is 0 Å². The summed E-state index contributed by atoms with van der Waals surface area (Å²) in [5.74, 6) is 2.65. The molecule has 1 aliphatic heterocycles. The van der Waals surface area contributed by atoms with Gasteiger partial charge in [-0.2, -0.15) is 0 Å². The number of nitrogens with one attached hydrogen (secondary N) is 1. The maximum atomic E-state index is 12.1. The third-order valence-electron chi connectivity index (χ3n) is 4.19. The molecule has 1 atom stereocenters. The van der Waals surface area contributed by atoms with Crippen molar-refractivity contribution in [2.45, 2.75) is 59.0 Å². The molecule has 0 aliphatic carbocycles. The smallest absolute Gasteiger partial charge is 0.220 e. The summed E-state index contributed by atoms with van der Waals surface area (Å²) < 4.78 is 7.23. The largest absolute Gasteiger partial charge is 0.361 e. The number of aryl methyl sites for hydroxylation is 3. The number of hydrogen-bond donors (Lipinski definition) is 1. The van der Waals surface area contributed by atoms with Crippen molar-refractivity contribution in [1.29, 1.82) is 0 Å². The Morgan fingerprint density at radius 2 is 2.23 bits per heavy atom. The lowest BCUT2D eigenvalue weighted by Gasteiger charge is -2.13. The Morgan fingerprint density at radius 1 is 1.41 bits per heavy atom. The van der Waals surface area contributed by atoms with Crippen LogP contribution < -0.4 is 5.32 Å². The summed E-state index contributed by atoms with van der Waals surface area (Å²) in [6.45, 7) is 6.65. The van der Waals surface area contributed by atoms with Crippen molar-refractivity contribution >= 4 is 5.91 Å². The van der Waals surface area contributed by atoms with Gasteiger partial charge in [0.1, 0.15) is 11.6 Å². The van der Waals surface area contributed by atoms with E-state index >= 15 is 0 Å². The molecule has 2 aromatic rings. The molecule has 1 amide bonds. The Hall–Kier alpha value is -2.18. The van der Waals surface area contributed by atoms with Gasteiger partial charge in [-0.25, -0.2) is 0 Å². The zero-order valence-corrected chi connectivity index (χ0v) is 13.2. The highest BCUT2D eigenvalue weighted by Gasteiger charge is 2.22. The Labute approximate surface area is 129 Å². The van der Waals surface area contributed by atoms with Crippen molar-refractivity contribution in [1.82, 2.24) is 25.2 Å². The van der Waals surface area contributed by atoms with Crippen LogP contribution in [0.25, 0.3) is 0 Å². The average molecular weight is 303 g/mol. The molecule has 7 nitrogen and oxygen atoms in total. The Morgan fingerprint density at radius 3 is 2.95 bits per heavy atom. The zero-order valence-electron chi connectivity index (χ0n) is 13.2. The van der Waals surface area contributed by atoms with E-state index in [1.807, 2.05) is 20.8 Å². The number of carbonyl (C=O) groups excluding carboxylic acids is 1. The number of aromatic nitrogens is 4. The highest BCUT2D eigenvalue weighted by Crippen LogP contribution is 2.19.